The fourth-order valence-corrected chi connectivity index (χ4v) is 2.14. The van der Waals surface area contributed by atoms with Crippen LogP contribution in [0.4, 0.5) is 0 Å². The molecule has 2 rings (SSSR count). The topological polar surface area (TPSA) is 42.9 Å². The van der Waals surface area contributed by atoms with Crippen LogP contribution in [0.15, 0.2) is 23.7 Å². The van der Waals surface area contributed by atoms with E-state index in [4.69, 9.17) is 0 Å². The highest BCUT2D eigenvalue weighted by Crippen LogP contribution is 2.12. The number of nitrogens with zero attached hydrogens (tertiary/aromatic N) is 2. The minimum absolute atomic E-state index is 0.0795. The first-order chi connectivity index (χ1) is 7.66. The molecule has 16 heavy (non-hydrogen) atoms. The molecule has 4 heteroatoms. The van der Waals surface area contributed by atoms with Gasteiger partial charge in [0.1, 0.15) is 0 Å². The van der Waals surface area contributed by atoms with E-state index in [1.807, 2.05) is 25.3 Å². The first-order valence-electron chi connectivity index (χ1n) is 5.02. The standard InChI is InChI=1S/C12H12N2OS/c1-8-11(4-3-5-13-8)12(15)6-10-7-16-9(2)14-10/h3-5,7H,6H2,1-2H3. The summed E-state index contributed by atoms with van der Waals surface area (Å²) < 4.78 is 0. The Bertz CT molecular complexity index is 519. The van der Waals surface area contributed by atoms with Crippen LogP contribution in [0.1, 0.15) is 26.8 Å². The van der Waals surface area contributed by atoms with E-state index in [0.29, 0.717) is 12.0 Å². The Morgan fingerprint density at radius 3 is 2.88 bits per heavy atom. The van der Waals surface area contributed by atoms with Crippen molar-refractivity contribution in [1.82, 2.24) is 9.97 Å². The molecule has 0 spiro atoms. The average molecular weight is 232 g/mol. The molecule has 0 N–H and O–H groups in total. The lowest BCUT2D eigenvalue weighted by molar-refractivity contribution is 0.0991. The fraction of sp³-hybridized carbons (Fsp3) is 0.250. The zero-order valence-electron chi connectivity index (χ0n) is 9.23. The van der Waals surface area contributed by atoms with Gasteiger partial charge in [0.25, 0.3) is 0 Å². The van der Waals surface area contributed by atoms with Gasteiger partial charge in [0.05, 0.1) is 17.1 Å². The van der Waals surface area contributed by atoms with Gasteiger partial charge < -0.3 is 0 Å². The fourth-order valence-electron chi connectivity index (χ4n) is 1.53. The van der Waals surface area contributed by atoms with Crippen LogP contribution >= 0.6 is 11.3 Å². The van der Waals surface area contributed by atoms with Gasteiger partial charge in [-0.1, -0.05) is 0 Å². The number of thiazole rings is 1. The van der Waals surface area contributed by atoms with Crippen molar-refractivity contribution in [2.24, 2.45) is 0 Å². The average Bonchev–Trinajstić information content (AvgIpc) is 2.64. The maximum Gasteiger partial charge on any atom is 0.170 e. The first kappa shape index (κ1) is 11.0. The molecule has 0 aliphatic carbocycles. The third kappa shape index (κ3) is 2.33. The van der Waals surface area contributed by atoms with Crippen molar-refractivity contribution >= 4 is 17.1 Å². The van der Waals surface area contributed by atoms with Gasteiger partial charge in [-0.25, -0.2) is 4.98 Å². The zero-order valence-corrected chi connectivity index (χ0v) is 10.0. The SMILES string of the molecule is Cc1nc(CC(=O)c2cccnc2C)cs1. The normalized spacial score (nSPS) is 10.4. The number of pyridine rings is 1. The molecule has 0 unspecified atom stereocenters. The quantitative estimate of drug-likeness (QED) is 0.764. The highest BCUT2D eigenvalue weighted by Gasteiger charge is 2.11. The second-order valence-electron chi connectivity index (χ2n) is 3.59. The largest absolute Gasteiger partial charge is 0.294 e. The van der Waals surface area contributed by atoms with Crippen LogP contribution in [-0.2, 0) is 6.42 Å². The molecule has 0 amide bonds. The van der Waals surface area contributed by atoms with Gasteiger partial charge >= 0.3 is 0 Å². The maximum absolute atomic E-state index is 12.0. The lowest BCUT2D eigenvalue weighted by Crippen LogP contribution is -2.06. The molecule has 0 aliphatic rings. The smallest absolute Gasteiger partial charge is 0.170 e. The molecule has 2 aromatic heterocycles. The van der Waals surface area contributed by atoms with Crippen LogP contribution < -0.4 is 0 Å². The minimum Gasteiger partial charge on any atom is -0.294 e. The highest BCUT2D eigenvalue weighted by molar-refractivity contribution is 7.09. The number of carbonyl (C=O) groups excluding carboxylic acids is 1. The van der Waals surface area contributed by atoms with E-state index in [2.05, 4.69) is 9.97 Å². The van der Waals surface area contributed by atoms with Crippen LogP contribution in [0.25, 0.3) is 0 Å². The monoisotopic (exact) mass is 232 g/mol. The molecule has 0 saturated carbocycles. The van der Waals surface area contributed by atoms with Crippen LogP contribution in [0.2, 0.25) is 0 Å². The van der Waals surface area contributed by atoms with Crippen molar-refractivity contribution in [3.05, 3.63) is 45.7 Å². The van der Waals surface area contributed by atoms with Crippen molar-refractivity contribution in [3.63, 3.8) is 0 Å². The number of ketones is 1. The molecule has 0 saturated heterocycles. The summed E-state index contributed by atoms with van der Waals surface area (Å²) in [7, 11) is 0. The Balaban J connectivity index is 2.18. The van der Waals surface area contributed by atoms with Gasteiger partial charge in [0, 0.05) is 22.8 Å². The summed E-state index contributed by atoms with van der Waals surface area (Å²) in [5.74, 6) is 0.0795. The van der Waals surface area contributed by atoms with E-state index in [0.717, 1.165) is 16.4 Å². The molecule has 2 heterocycles. The summed E-state index contributed by atoms with van der Waals surface area (Å²) in [5.41, 5.74) is 2.31. The van der Waals surface area contributed by atoms with E-state index >= 15 is 0 Å². The molecule has 0 aromatic carbocycles. The van der Waals surface area contributed by atoms with Gasteiger partial charge in [-0.15, -0.1) is 11.3 Å². The van der Waals surface area contributed by atoms with Crippen molar-refractivity contribution in [2.45, 2.75) is 20.3 Å². The predicted molar refractivity (Wildman–Crippen MR) is 63.9 cm³/mol. The van der Waals surface area contributed by atoms with Crippen LogP contribution in [0.5, 0.6) is 0 Å². The van der Waals surface area contributed by atoms with Crippen LogP contribution in [0.3, 0.4) is 0 Å². The highest BCUT2D eigenvalue weighted by atomic mass is 32.1. The third-order valence-corrected chi connectivity index (χ3v) is 3.14. The lowest BCUT2D eigenvalue weighted by atomic mass is 10.1. The van der Waals surface area contributed by atoms with Crippen molar-refractivity contribution in [3.8, 4) is 0 Å². The molecule has 0 bridgehead atoms. The van der Waals surface area contributed by atoms with E-state index < -0.39 is 0 Å². The molecular weight excluding hydrogens is 220 g/mol. The van der Waals surface area contributed by atoms with Gasteiger partial charge in [0.2, 0.25) is 0 Å². The van der Waals surface area contributed by atoms with Crippen molar-refractivity contribution in [2.75, 3.05) is 0 Å². The Hall–Kier alpha value is -1.55. The molecule has 82 valence electrons. The Morgan fingerprint density at radius 2 is 2.25 bits per heavy atom. The molecule has 0 fully saturated rings. The molecule has 2 aromatic rings. The molecular formula is C12H12N2OS. The number of Topliss-reactive ketones (excluding diaryl/α,β-unsaturated/α-hetero) is 1. The molecule has 0 aliphatic heterocycles. The van der Waals surface area contributed by atoms with Crippen molar-refractivity contribution < 1.29 is 4.79 Å². The van der Waals surface area contributed by atoms with Crippen LogP contribution in [-0.4, -0.2) is 15.8 Å². The lowest BCUT2D eigenvalue weighted by Gasteiger charge is -2.01. The Morgan fingerprint density at radius 1 is 1.44 bits per heavy atom. The first-order valence-corrected chi connectivity index (χ1v) is 5.90. The molecule has 3 nitrogen and oxygen atoms in total. The second-order valence-corrected chi connectivity index (χ2v) is 4.66. The summed E-state index contributed by atoms with van der Waals surface area (Å²) in [6.45, 7) is 3.79. The van der Waals surface area contributed by atoms with Gasteiger partial charge in [-0.3, -0.25) is 9.78 Å². The second kappa shape index (κ2) is 4.53. The summed E-state index contributed by atoms with van der Waals surface area (Å²) in [5, 5.41) is 2.92. The summed E-state index contributed by atoms with van der Waals surface area (Å²) >= 11 is 1.57. The maximum atomic E-state index is 12.0. The summed E-state index contributed by atoms with van der Waals surface area (Å²) in [6.07, 6.45) is 2.05. The van der Waals surface area contributed by atoms with E-state index in [1.165, 1.54) is 0 Å². The van der Waals surface area contributed by atoms with E-state index in [-0.39, 0.29) is 5.78 Å². The zero-order chi connectivity index (χ0) is 11.5. The van der Waals surface area contributed by atoms with Crippen LogP contribution in [0, 0.1) is 13.8 Å². The summed E-state index contributed by atoms with van der Waals surface area (Å²) in [4.78, 5) is 20.4. The number of aryl methyl sites for hydroxylation is 2. The number of rotatable bonds is 3. The summed E-state index contributed by atoms with van der Waals surface area (Å²) in [6, 6.07) is 3.59. The van der Waals surface area contributed by atoms with Gasteiger partial charge in [-0.05, 0) is 26.0 Å². The number of carbonyl (C=O) groups is 1. The number of hydrogen-bond acceptors (Lipinski definition) is 4. The van der Waals surface area contributed by atoms with Gasteiger partial charge in [-0.2, -0.15) is 0 Å². The predicted octanol–water partition coefficient (Wildman–Crippen LogP) is 2.58. The number of hydrogen-bond donors (Lipinski definition) is 0. The minimum atomic E-state index is 0.0795. The Kier molecular flexibility index (Phi) is 3.10. The molecule has 0 radical (unpaired) electrons. The van der Waals surface area contributed by atoms with Gasteiger partial charge in [0.15, 0.2) is 5.78 Å². The number of aromatic nitrogens is 2. The van der Waals surface area contributed by atoms with E-state index in [9.17, 15) is 4.79 Å². The third-order valence-electron chi connectivity index (χ3n) is 2.32. The molecule has 0 atom stereocenters. The van der Waals surface area contributed by atoms with Crippen molar-refractivity contribution in [1.29, 1.82) is 0 Å². The Labute approximate surface area is 98.2 Å². The van der Waals surface area contributed by atoms with E-state index in [1.54, 1.807) is 23.6 Å².